The number of carbonyl (C=O) groups excluding carboxylic acids is 1. The predicted octanol–water partition coefficient (Wildman–Crippen LogP) is 1.07. The van der Waals surface area contributed by atoms with Crippen LogP contribution in [0.15, 0.2) is 36.4 Å². The minimum absolute atomic E-state index is 0.118. The van der Waals surface area contributed by atoms with Gasteiger partial charge in [-0.25, -0.2) is 10.9 Å². The van der Waals surface area contributed by atoms with Crippen molar-refractivity contribution in [1.29, 1.82) is 0 Å². The van der Waals surface area contributed by atoms with Gasteiger partial charge in [-0.2, -0.15) is 5.53 Å². The highest BCUT2D eigenvalue weighted by atomic mass is 16.7. The lowest BCUT2D eigenvalue weighted by Crippen LogP contribution is -2.50. The SMILES string of the molecule is Cc1cc(C)cc(NC2NNNC2C(=O)NCc2ccc3c(c2)OCO3)c1. The van der Waals surface area contributed by atoms with E-state index in [1.165, 1.54) is 11.1 Å². The number of aryl methyl sites for hydroxylation is 2. The monoisotopic (exact) mass is 369 g/mol. The number of carbonyl (C=O) groups is 1. The van der Waals surface area contributed by atoms with Crippen molar-refractivity contribution in [2.75, 3.05) is 12.1 Å². The van der Waals surface area contributed by atoms with E-state index in [1.807, 2.05) is 32.0 Å². The van der Waals surface area contributed by atoms with Crippen LogP contribution < -0.4 is 36.5 Å². The molecule has 2 aromatic carbocycles. The second-order valence-corrected chi connectivity index (χ2v) is 6.80. The van der Waals surface area contributed by atoms with E-state index in [9.17, 15) is 4.79 Å². The van der Waals surface area contributed by atoms with Crippen molar-refractivity contribution in [3.63, 3.8) is 0 Å². The third-order valence-electron chi connectivity index (χ3n) is 4.52. The predicted molar refractivity (Wildman–Crippen MR) is 101 cm³/mol. The molecule has 0 aromatic heterocycles. The van der Waals surface area contributed by atoms with Gasteiger partial charge in [0.15, 0.2) is 11.5 Å². The molecule has 0 radical (unpaired) electrons. The van der Waals surface area contributed by atoms with Gasteiger partial charge in [-0.15, -0.1) is 0 Å². The Bertz CT molecular complexity index is 837. The number of nitrogens with one attached hydrogen (secondary N) is 5. The molecule has 2 heterocycles. The standard InChI is InChI=1S/C19H23N5O3/c1-11-5-12(2)7-14(6-11)21-18-17(22-24-23-18)19(25)20-9-13-3-4-15-16(8-13)27-10-26-15/h3-8,17-18,21-24H,9-10H2,1-2H3,(H,20,25). The summed E-state index contributed by atoms with van der Waals surface area (Å²) in [6.45, 7) is 4.74. The molecular weight excluding hydrogens is 346 g/mol. The first-order valence-corrected chi connectivity index (χ1v) is 8.85. The lowest BCUT2D eigenvalue weighted by Gasteiger charge is -2.20. The zero-order valence-corrected chi connectivity index (χ0v) is 15.3. The van der Waals surface area contributed by atoms with Crippen molar-refractivity contribution in [3.8, 4) is 11.5 Å². The van der Waals surface area contributed by atoms with Gasteiger partial charge in [0.1, 0.15) is 12.2 Å². The van der Waals surface area contributed by atoms with E-state index in [-0.39, 0.29) is 18.9 Å². The lowest BCUT2D eigenvalue weighted by atomic mass is 10.1. The summed E-state index contributed by atoms with van der Waals surface area (Å²) in [4.78, 5) is 12.6. The van der Waals surface area contributed by atoms with E-state index in [2.05, 4.69) is 45.2 Å². The van der Waals surface area contributed by atoms with Gasteiger partial charge in [0.2, 0.25) is 12.7 Å². The van der Waals surface area contributed by atoms with E-state index >= 15 is 0 Å². The summed E-state index contributed by atoms with van der Waals surface area (Å²) in [5.74, 6) is 1.32. The number of rotatable bonds is 5. The van der Waals surface area contributed by atoms with E-state index < -0.39 is 6.04 Å². The first kappa shape index (κ1) is 17.6. The molecule has 4 rings (SSSR count). The second kappa shape index (κ2) is 7.43. The Morgan fingerprint density at radius 3 is 2.67 bits per heavy atom. The van der Waals surface area contributed by atoms with Crippen LogP contribution in [0.25, 0.3) is 0 Å². The van der Waals surface area contributed by atoms with Crippen molar-refractivity contribution in [3.05, 3.63) is 53.1 Å². The van der Waals surface area contributed by atoms with Gasteiger partial charge in [-0.05, 0) is 54.8 Å². The van der Waals surface area contributed by atoms with Crippen LogP contribution in [0.3, 0.4) is 0 Å². The first-order chi connectivity index (χ1) is 13.1. The van der Waals surface area contributed by atoms with Crippen LogP contribution in [0, 0.1) is 13.8 Å². The maximum absolute atomic E-state index is 12.6. The maximum Gasteiger partial charge on any atom is 0.242 e. The molecule has 1 amide bonds. The van der Waals surface area contributed by atoms with Crippen molar-refractivity contribution in [1.82, 2.24) is 21.7 Å². The molecule has 5 N–H and O–H groups in total. The summed E-state index contributed by atoms with van der Waals surface area (Å²) in [7, 11) is 0. The van der Waals surface area contributed by atoms with Crippen molar-refractivity contribution in [2.45, 2.75) is 32.6 Å². The largest absolute Gasteiger partial charge is 0.454 e. The molecule has 27 heavy (non-hydrogen) atoms. The highest BCUT2D eigenvalue weighted by Gasteiger charge is 2.32. The van der Waals surface area contributed by atoms with Gasteiger partial charge in [0.05, 0.1) is 0 Å². The van der Waals surface area contributed by atoms with Crippen LogP contribution in [-0.4, -0.2) is 24.9 Å². The van der Waals surface area contributed by atoms with Crippen LogP contribution in [0.1, 0.15) is 16.7 Å². The number of ether oxygens (including phenoxy) is 2. The van der Waals surface area contributed by atoms with E-state index in [1.54, 1.807) is 0 Å². The fourth-order valence-corrected chi connectivity index (χ4v) is 3.29. The van der Waals surface area contributed by atoms with Crippen LogP contribution >= 0.6 is 0 Å². The zero-order chi connectivity index (χ0) is 18.8. The molecule has 0 spiro atoms. The molecule has 2 atom stereocenters. The smallest absolute Gasteiger partial charge is 0.242 e. The van der Waals surface area contributed by atoms with Crippen LogP contribution in [-0.2, 0) is 11.3 Å². The number of amides is 1. The topological polar surface area (TPSA) is 95.7 Å². The number of fused-ring (bicyclic) bond motifs is 1. The molecular formula is C19H23N5O3. The maximum atomic E-state index is 12.6. The normalized spacial score (nSPS) is 20.5. The summed E-state index contributed by atoms with van der Waals surface area (Å²) >= 11 is 0. The Morgan fingerprint density at radius 1 is 1.07 bits per heavy atom. The number of hydrogen-bond donors (Lipinski definition) is 5. The Kier molecular flexibility index (Phi) is 4.85. The third kappa shape index (κ3) is 3.97. The summed E-state index contributed by atoms with van der Waals surface area (Å²) < 4.78 is 10.7. The molecule has 1 saturated heterocycles. The number of hydrogen-bond acceptors (Lipinski definition) is 7. The van der Waals surface area contributed by atoms with Gasteiger partial charge < -0.3 is 20.1 Å². The Hall–Kier alpha value is -2.81. The van der Waals surface area contributed by atoms with Crippen LogP contribution in [0.2, 0.25) is 0 Å². The molecule has 2 unspecified atom stereocenters. The lowest BCUT2D eigenvalue weighted by molar-refractivity contribution is -0.123. The summed E-state index contributed by atoms with van der Waals surface area (Å²) in [5.41, 5.74) is 13.1. The molecule has 0 aliphatic carbocycles. The van der Waals surface area contributed by atoms with Crippen molar-refractivity contribution in [2.24, 2.45) is 0 Å². The highest BCUT2D eigenvalue weighted by Crippen LogP contribution is 2.32. The molecule has 1 fully saturated rings. The van der Waals surface area contributed by atoms with Crippen molar-refractivity contribution < 1.29 is 14.3 Å². The fourth-order valence-electron chi connectivity index (χ4n) is 3.29. The van der Waals surface area contributed by atoms with Gasteiger partial charge in [-0.1, -0.05) is 12.1 Å². The van der Waals surface area contributed by atoms with Crippen LogP contribution in [0.5, 0.6) is 11.5 Å². The number of benzene rings is 2. The quantitative estimate of drug-likeness (QED) is 0.538. The number of anilines is 1. The summed E-state index contributed by atoms with van der Waals surface area (Å²) in [6, 6.07) is 11.4. The van der Waals surface area contributed by atoms with Crippen LogP contribution in [0.4, 0.5) is 5.69 Å². The Labute approximate surface area is 157 Å². The Morgan fingerprint density at radius 2 is 1.85 bits per heavy atom. The molecule has 0 saturated carbocycles. The highest BCUT2D eigenvalue weighted by molar-refractivity contribution is 5.83. The third-order valence-corrected chi connectivity index (χ3v) is 4.52. The summed E-state index contributed by atoms with van der Waals surface area (Å²) in [6.07, 6.45) is -0.289. The van der Waals surface area contributed by atoms with Gasteiger partial charge in [-0.3, -0.25) is 4.79 Å². The molecule has 8 nitrogen and oxygen atoms in total. The van der Waals surface area contributed by atoms with Gasteiger partial charge >= 0.3 is 0 Å². The van der Waals surface area contributed by atoms with E-state index in [4.69, 9.17) is 9.47 Å². The number of hydrazine groups is 2. The minimum atomic E-state index is -0.472. The van der Waals surface area contributed by atoms with E-state index in [0.29, 0.717) is 12.3 Å². The molecule has 142 valence electrons. The zero-order valence-electron chi connectivity index (χ0n) is 15.3. The van der Waals surface area contributed by atoms with Gasteiger partial charge in [0, 0.05) is 12.2 Å². The fraction of sp³-hybridized carbons (Fsp3) is 0.316. The molecule has 0 bridgehead atoms. The second-order valence-electron chi connectivity index (χ2n) is 6.80. The van der Waals surface area contributed by atoms with Crippen molar-refractivity contribution >= 4 is 11.6 Å². The molecule has 2 aliphatic heterocycles. The molecule has 8 heteroatoms. The average Bonchev–Trinajstić information content (AvgIpc) is 3.27. The van der Waals surface area contributed by atoms with Gasteiger partial charge in [0.25, 0.3) is 0 Å². The summed E-state index contributed by atoms with van der Waals surface area (Å²) in [5, 5.41) is 6.30. The average molecular weight is 369 g/mol. The van der Waals surface area contributed by atoms with E-state index in [0.717, 1.165) is 17.0 Å². The minimum Gasteiger partial charge on any atom is -0.454 e. The molecule has 2 aromatic rings. The first-order valence-electron chi connectivity index (χ1n) is 8.85. The molecule has 2 aliphatic rings. The Balaban J connectivity index is 1.37.